The van der Waals surface area contributed by atoms with Crippen LogP contribution in [-0.2, 0) is 11.3 Å². The lowest BCUT2D eigenvalue weighted by Gasteiger charge is -2.08. The van der Waals surface area contributed by atoms with Gasteiger partial charge in [0.15, 0.2) is 0 Å². The number of H-pyrrole nitrogens is 1. The zero-order valence-corrected chi connectivity index (χ0v) is 16.2. The summed E-state index contributed by atoms with van der Waals surface area (Å²) in [7, 11) is 3.91. The summed E-state index contributed by atoms with van der Waals surface area (Å²) in [6, 6.07) is 1.72. The highest BCUT2D eigenvalue weighted by molar-refractivity contribution is 8.77. The molecule has 6 nitrogen and oxygen atoms in total. The minimum atomic E-state index is -0.433. The number of aromatic amines is 1. The van der Waals surface area contributed by atoms with Crippen molar-refractivity contribution in [1.82, 2.24) is 14.9 Å². The Hall–Kier alpha value is -1.19. The summed E-state index contributed by atoms with van der Waals surface area (Å²) in [5.74, 6) is 1.22. The highest BCUT2D eigenvalue weighted by atomic mass is 33.1. The van der Waals surface area contributed by atoms with Gasteiger partial charge in [0.1, 0.15) is 4.70 Å². The fraction of sp³-hybridized carbons (Fsp3) is 0.562. The smallest absolute Gasteiger partial charge is 0.328 e. The van der Waals surface area contributed by atoms with Crippen LogP contribution in [0, 0.1) is 0 Å². The molecule has 0 aromatic carbocycles. The fourth-order valence-electron chi connectivity index (χ4n) is 2.79. The molecule has 9 heteroatoms. The number of carbonyl (C=O) groups excluding carboxylic acids is 1. The van der Waals surface area contributed by atoms with Crippen molar-refractivity contribution in [3.05, 3.63) is 32.3 Å². The minimum absolute atomic E-state index is 0.0184. The van der Waals surface area contributed by atoms with Gasteiger partial charge >= 0.3 is 5.69 Å². The number of aromatic nitrogens is 2. The quantitative estimate of drug-likeness (QED) is 0.526. The van der Waals surface area contributed by atoms with Crippen LogP contribution >= 0.6 is 32.9 Å². The molecular formula is C16H21N3O3S3. The number of thiophene rings is 1. The molecule has 2 aromatic heterocycles. The molecule has 0 spiro atoms. The maximum atomic E-state index is 12.3. The third-order valence-electron chi connectivity index (χ3n) is 4.16. The van der Waals surface area contributed by atoms with Crippen LogP contribution in [0.25, 0.3) is 10.2 Å². The van der Waals surface area contributed by atoms with Gasteiger partial charge in [-0.1, -0.05) is 28.0 Å². The first kappa shape index (κ1) is 18.6. The number of carbonyl (C=O) groups is 1. The van der Waals surface area contributed by atoms with Gasteiger partial charge in [0, 0.05) is 30.5 Å². The summed E-state index contributed by atoms with van der Waals surface area (Å²) in [5.41, 5.74) is -0.161. The third-order valence-corrected chi connectivity index (χ3v) is 8.07. The van der Waals surface area contributed by atoms with Crippen LogP contribution in [0.4, 0.5) is 0 Å². The molecule has 1 atom stereocenters. The first-order valence-electron chi connectivity index (χ1n) is 8.40. The van der Waals surface area contributed by atoms with Gasteiger partial charge in [-0.05, 0) is 30.7 Å². The number of unbranched alkanes of at least 4 members (excludes halogenated alkanes) is 1. The van der Waals surface area contributed by atoms with E-state index in [0.29, 0.717) is 16.6 Å². The molecule has 0 saturated carbocycles. The van der Waals surface area contributed by atoms with Gasteiger partial charge < -0.3 is 10.3 Å². The van der Waals surface area contributed by atoms with E-state index in [4.69, 9.17) is 0 Å². The first-order chi connectivity index (χ1) is 12.1. The molecule has 1 aliphatic rings. The normalized spacial score (nSPS) is 17.2. The second-order valence-electron chi connectivity index (χ2n) is 5.97. The van der Waals surface area contributed by atoms with Crippen LogP contribution in [0.15, 0.2) is 21.0 Å². The molecule has 3 rings (SSSR count). The second kappa shape index (κ2) is 8.95. The minimum Gasteiger partial charge on any atom is -0.354 e. The monoisotopic (exact) mass is 399 g/mol. The van der Waals surface area contributed by atoms with Crippen LogP contribution in [0.2, 0.25) is 0 Å². The summed E-state index contributed by atoms with van der Waals surface area (Å²) in [5, 5.41) is 5.32. The Morgan fingerprint density at radius 2 is 2.24 bits per heavy atom. The van der Waals surface area contributed by atoms with Crippen LogP contribution in [0.3, 0.4) is 0 Å². The Balaban J connectivity index is 1.41. The molecule has 2 N–H and O–H groups in total. The van der Waals surface area contributed by atoms with Gasteiger partial charge in [-0.2, -0.15) is 0 Å². The molecule has 2 aromatic rings. The standard InChI is InChI=1S/C16H21N3O3S3/c20-13(4-2-1-3-11-5-10-24-25-11)17-7-8-19-15(21)14-12(6-9-23-14)18-16(19)22/h6,9,11H,1-5,7-8,10H2,(H,17,20)(H,18,22)/t11-/m0/s1. The van der Waals surface area contributed by atoms with Gasteiger partial charge in [-0.15, -0.1) is 11.3 Å². The van der Waals surface area contributed by atoms with E-state index < -0.39 is 5.69 Å². The van der Waals surface area contributed by atoms with Crippen molar-refractivity contribution < 1.29 is 4.79 Å². The molecule has 3 heterocycles. The topological polar surface area (TPSA) is 84.0 Å². The number of hydrogen-bond donors (Lipinski definition) is 2. The van der Waals surface area contributed by atoms with E-state index in [2.05, 4.69) is 10.3 Å². The van der Waals surface area contributed by atoms with E-state index in [0.717, 1.165) is 22.7 Å². The van der Waals surface area contributed by atoms with Gasteiger partial charge in [0.05, 0.1) is 5.52 Å². The second-order valence-corrected chi connectivity index (χ2v) is 9.68. The predicted octanol–water partition coefficient (Wildman–Crippen LogP) is 2.58. The van der Waals surface area contributed by atoms with E-state index >= 15 is 0 Å². The number of fused-ring (bicyclic) bond motifs is 1. The van der Waals surface area contributed by atoms with Crippen LogP contribution in [0.5, 0.6) is 0 Å². The maximum Gasteiger partial charge on any atom is 0.328 e. The first-order valence-corrected chi connectivity index (χ1v) is 11.7. The largest absolute Gasteiger partial charge is 0.354 e. The summed E-state index contributed by atoms with van der Waals surface area (Å²) in [6.45, 7) is 0.470. The molecule has 1 saturated heterocycles. The Morgan fingerprint density at radius 1 is 1.36 bits per heavy atom. The van der Waals surface area contributed by atoms with Crippen molar-refractivity contribution in [2.24, 2.45) is 0 Å². The van der Waals surface area contributed by atoms with Crippen molar-refractivity contribution in [2.45, 2.75) is 43.9 Å². The van der Waals surface area contributed by atoms with Crippen molar-refractivity contribution >= 4 is 49.0 Å². The molecule has 0 unspecified atom stereocenters. The lowest BCUT2D eigenvalue weighted by molar-refractivity contribution is -0.121. The third kappa shape index (κ3) is 4.92. The van der Waals surface area contributed by atoms with Crippen LogP contribution in [0.1, 0.15) is 32.1 Å². The summed E-state index contributed by atoms with van der Waals surface area (Å²) in [4.78, 5) is 38.8. The lowest BCUT2D eigenvalue weighted by atomic mass is 10.1. The van der Waals surface area contributed by atoms with Crippen LogP contribution in [-0.4, -0.2) is 33.0 Å². The zero-order valence-electron chi connectivity index (χ0n) is 13.8. The fourth-order valence-corrected chi connectivity index (χ4v) is 6.62. The van der Waals surface area contributed by atoms with Crippen molar-refractivity contribution in [2.75, 3.05) is 12.3 Å². The molecule has 1 amide bonds. The maximum absolute atomic E-state index is 12.3. The van der Waals surface area contributed by atoms with Gasteiger partial charge in [0.2, 0.25) is 5.91 Å². The Labute approximate surface area is 157 Å². The average Bonchev–Trinajstić information content (AvgIpc) is 3.26. The van der Waals surface area contributed by atoms with E-state index in [1.807, 2.05) is 21.6 Å². The highest BCUT2D eigenvalue weighted by Gasteiger charge is 2.15. The zero-order chi connectivity index (χ0) is 17.6. The molecule has 25 heavy (non-hydrogen) atoms. The number of rotatable bonds is 8. The molecule has 0 radical (unpaired) electrons. The Bertz CT molecular complexity index is 836. The molecule has 136 valence electrons. The summed E-state index contributed by atoms with van der Waals surface area (Å²) >= 11 is 1.31. The number of amides is 1. The predicted molar refractivity (Wildman–Crippen MR) is 107 cm³/mol. The van der Waals surface area contributed by atoms with E-state index in [9.17, 15) is 14.4 Å². The molecule has 0 aliphatic carbocycles. The number of nitrogens with one attached hydrogen (secondary N) is 2. The van der Waals surface area contributed by atoms with E-state index in [1.165, 1.54) is 29.9 Å². The average molecular weight is 400 g/mol. The van der Waals surface area contributed by atoms with Crippen molar-refractivity contribution in [1.29, 1.82) is 0 Å². The SMILES string of the molecule is O=C(CCCC[C@H]1CCSS1)NCCn1c(=O)[nH]c2ccsc2c1=O. The summed E-state index contributed by atoms with van der Waals surface area (Å²) < 4.78 is 1.68. The Morgan fingerprint density at radius 3 is 3.04 bits per heavy atom. The van der Waals surface area contributed by atoms with Gasteiger partial charge in [-0.3, -0.25) is 14.2 Å². The molecule has 0 bridgehead atoms. The lowest BCUT2D eigenvalue weighted by Crippen LogP contribution is -2.38. The molecular weight excluding hydrogens is 378 g/mol. The summed E-state index contributed by atoms with van der Waals surface area (Å²) in [6.07, 6.45) is 4.91. The van der Waals surface area contributed by atoms with Crippen molar-refractivity contribution in [3.63, 3.8) is 0 Å². The van der Waals surface area contributed by atoms with E-state index in [1.54, 1.807) is 11.4 Å². The van der Waals surface area contributed by atoms with Gasteiger partial charge in [0.25, 0.3) is 5.56 Å². The van der Waals surface area contributed by atoms with Crippen LogP contribution < -0.4 is 16.6 Å². The number of hydrogen-bond acceptors (Lipinski definition) is 6. The highest BCUT2D eigenvalue weighted by Crippen LogP contribution is 2.39. The number of nitrogens with zero attached hydrogens (tertiary/aromatic N) is 1. The van der Waals surface area contributed by atoms with Crippen molar-refractivity contribution in [3.8, 4) is 0 Å². The van der Waals surface area contributed by atoms with E-state index in [-0.39, 0.29) is 24.6 Å². The van der Waals surface area contributed by atoms with Gasteiger partial charge in [-0.25, -0.2) is 4.79 Å². The molecule has 1 aliphatic heterocycles. The Kier molecular flexibility index (Phi) is 6.66. The molecule has 1 fully saturated rings.